The second-order valence-electron chi connectivity index (χ2n) is 6.02. The SMILES string of the molecule is CCN=c1cc2oc3cc(N)c4ccc(OC)cc4c3nc-2cc1C. The molecule has 126 valence electrons. The molecule has 2 aromatic rings. The first-order chi connectivity index (χ1) is 12.1. The normalized spacial score (nSPS) is 12.4. The van der Waals surface area contributed by atoms with Crippen LogP contribution in [0.2, 0.25) is 0 Å². The Labute approximate surface area is 145 Å². The number of methoxy groups -OCH3 is 1. The van der Waals surface area contributed by atoms with Crippen LogP contribution in [-0.2, 0) is 0 Å². The van der Waals surface area contributed by atoms with Gasteiger partial charge in [-0.25, -0.2) is 4.98 Å². The van der Waals surface area contributed by atoms with Crippen LogP contribution in [0.4, 0.5) is 5.69 Å². The largest absolute Gasteiger partial charge is 0.497 e. The van der Waals surface area contributed by atoms with Gasteiger partial charge in [0.25, 0.3) is 0 Å². The van der Waals surface area contributed by atoms with Gasteiger partial charge in [-0.2, -0.15) is 0 Å². The van der Waals surface area contributed by atoms with Crippen LogP contribution in [0.1, 0.15) is 12.5 Å². The van der Waals surface area contributed by atoms with Gasteiger partial charge in [0.2, 0.25) is 0 Å². The molecule has 2 aromatic carbocycles. The van der Waals surface area contributed by atoms with Crippen molar-refractivity contribution in [2.45, 2.75) is 13.8 Å². The van der Waals surface area contributed by atoms with E-state index < -0.39 is 0 Å². The molecule has 0 saturated carbocycles. The van der Waals surface area contributed by atoms with Crippen LogP contribution in [0.15, 0.2) is 45.8 Å². The molecule has 0 atom stereocenters. The van der Waals surface area contributed by atoms with E-state index in [1.807, 2.05) is 50.2 Å². The van der Waals surface area contributed by atoms with E-state index in [-0.39, 0.29) is 0 Å². The molecule has 0 saturated heterocycles. The fourth-order valence-corrected chi connectivity index (χ4v) is 3.12. The fraction of sp³-hybridized carbons (Fsp3) is 0.200. The molecule has 1 heterocycles. The predicted molar refractivity (Wildman–Crippen MR) is 99.9 cm³/mol. The summed E-state index contributed by atoms with van der Waals surface area (Å²) >= 11 is 0. The van der Waals surface area contributed by atoms with Crippen LogP contribution in [-0.4, -0.2) is 18.6 Å². The van der Waals surface area contributed by atoms with Crippen LogP contribution in [0.5, 0.6) is 5.75 Å². The van der Waals surface area contributed by atoms with Crippen molar-refractivity contribution in [2.24, 2.45) is 4.99 Å². The van der Waals surface area contributed by atoms with Gasteiger partial charge in [0.15, 0.2) is 11.3 Å². The number of aryl methyl sites for hydroxylation is 1. The minimum atomic E-state index is 0.650. The second-order valence-corrected chi connectivity index (χ2v) is 6.02. The molecule has 0 aromatic heterocycles. The Morgan fingerprint density at radius 1 is 1.16 bits per heavy atom. The molecule has 1 aliphatic heterocycles. The van der Waals surface area contributed by atoms with Crippen LogP contribution in [0.3, 0.4) is 0 Å². The maximum Gasteiger partial charge on any atom is 0.155 e. The highest BCUT2D eigenvalue weighted by atomic mass is 16.5. The lowest BCUT2D eigenvalue weighted by atomic mass is 10.1. The number of nitrogen functional groups attached to an aromatic ring is 1. The molecule has 0 spiro atoms. The summed E-state index contributed by atoms with van der Waals surface area (Å²) in [6.07, 6.45) is 0. The Hall–Kier alpha value is -3.08. The highest BCUT2D eigenvalue weighted by Crippen LogP contribution is 2.34. The van der Waals surface area contributed by atoms with Crippen molar-refractivity contribution < 1.29 is 9.15 Å². The molecule has 0 fully saturated rings. The van der Waals surface area contributed by atoms with Crippen molar-refractivity contribution in [1.82, 2.24) is 4.98 Å². The topological polar surface area (TPSA) is 73.6 Å². The van der Waals surface area contributed by atoms with Crippen LogP contribution in [0, 0.1) is 6.92 Å². The summed E-state index contributed by atoms with van der Waals surface area (Å²) in [6, 6.07) is 11.6. The van der Waals surface area contributed by atoms with Gasteiger partial charge in [-0.1, -0.05) is 0 Å². The standard InChI is InChI=1S/C20H19N3O2/c1-4-22-16-10-18-17(7-11(16)2)23-20-14-8-12(24-3)5-6-13(14)15(21)9-19(20)25-18/h5-10H,4,21H2,1-3H3. The van der Waals surface area contributed by atoms with Crippen molar-refractivity contribution in [2.75, 3.05) is 19.4 Å². The van der Waals surface area contributed by atoms with Crippen molar-refractivity contribution in [3.8, 4) is 17.2 Å². The number of benzene rings is 3. The summed E-state index contributed by atoms with van der Waals surface area (Å²) in [5.41, 5.74) is 10.2. The Morgan fingerprint density at radius 3 is 2.76 bits per heavy atom. The number of anilines is 1. The van der Waals surface area contributed by atoms with Crippen LogP contribution in [0.25, 0.3) is 33.3 Å². The lowest BCUT2D eigenvalue weighted by Gasteiger charge is -2.12. The zero-order valence-corrected chi connectivity index (χ0v) is 14.5. The average Bonchev–Trinajstić information content (AvgIpc) is 2.61. The number of nitrogens with zero attached hydrogens (tertiary/aromatic N) is 2. The smallest absolute Gasteiger partial charge is 0.155 e. The zero-order valence-electron chi connectivity index (χ0n) is 14.5. The molecule has 0 unspecified atom stereocenters. The lowest BCUT2D eigenvalue weighted by molar-refractivity contribution is 0.415. The molecule has 2 aliphatic rings. The molecular formula is C20H19N3O2. The number of rotatable bonds is 2. The lowest BCUT2D eigenvalue weighted by Crippen LogP contribution is -2.09. The Balaban J connectivity index is 2.13. The van der Waals surface area contributed by atoms with Gasteiger partial charge in [0.1, 0.15) is 17.0 Å². The van der Waals surface area contributed by atoms with Gasteiger partial charge in [0.05, 0.1) is 12.5 Å². The quantitative estimate of drug-likeness (QED) is 0.343. The summed E-state index contributed by atoms with van der Waals surface area (Å²) in [6.45, 7) is 4.77. The third-order valence-corrected chi connectivity index (χ3v) is 4.37. The average molecular weight is 333 g/mol. The number of nitrogens with two attached hydrogens (primary N) is 1. The van der Waals surface area contributed by atoms with Gasteiger partial charge in [-0.15, -0.1) is 0 Å². The van der Waals surface area contributed by atoms with Crippen molar-refractivity contribution in [3.63, 3.8) is 0 Å². The molecule has 25 heavy (non-hydrogen) atoms. The van der Waals surface area contributed by atoms with Crippen LogP contribution >= 0.6 is 0 Å². The van der Waals surface area contributed by atoms with E-state index in [2.05, 4.69) is 4.99 Å². The van der Waals surface area contributed by atoms with Crippen molar-refractivity contribution >= 4 is 27.6 Å². The number of fused-ring (bicyclic) bond motifs is 4. The third-order valence-electron chi connectivity index (χ3n) is 4.37. The number of aromatic nitrogens is 1. The van der Waals surface area contributed by atoms with E-state index in [1.165, 1.54) is 0 Å². The summed E-state index contributed by atoms with van der Waals surface area (Å²) in [5, 5.41) is 2.78. The maximum atomic E-state index is 6.21. The summed E-state index contributed by atoms with van der Waals surface area (Å²) < 4.78 is 11.5. The van der Waals surface area contributed by atoms with Gasteiger partial charge in [0, 0.05) is 35.1 Å². The van der Waals surface area contributed by atoms with E-state index in [0.29, 0.717) is 17.0 Å². The highest BCUT2D eigenvalue weighted by molar-refractivity contribution is 6.10. The number of hydrogen-bond donors (Lipinski definition) is 1. The van der Waals surface area contributed by atoms with Gasteiger partial charge >= 0.3 is 0 Å². The first-order valence-corrected chi connectivity index (χ1v) is 8.22. The molecule has 0 amide bonds. The Bertz CT molecular complexity index is 1150. The molecule has 0 radical (unpaired) electrons. The van der Waals surface area contributed by atoms with Crippen molar-refractivity contribution in [1.29, 1.82) is 0 Å². The monoisotopic (exact) mass is 333 g/mol. The highest BCUT2D eigenvalue weighted by Gasteiger charge is 2.14. The predicted octanol–water partition coefficient (Wildman–Crippen LogP) is 3.91. The van der Waals surface area contributed by atoms with E-state index in [4.69, 9.17) is 19.9 Å². The summed E-state index contributed by atoms with van der Waals surface area (Å²) in [4.78, 5) is 9.34. The molecule has 1 aliphatic carbocycles. The van der Waals surface area contributed by atoms with Gasteiger partial charge in [-0.3, -0.25) is 4.99 Å². The molecular weight excluding hydrogens is 314 g/mol. The van der Waals surface area contributed by atoms with E-state index >= 15 is 0 Å². The number of hydrogen-bond acceptors (Lipinski definition) is 5. The van der Waals surface area contributed by atoms with Crippen molar-refractivity contribution in [3.05, 3.63) is 47.3 Å². The summed E-state index contributed by atoms with van der Waals surface area (Å²) in [5.74, 6) is 1.46. The Morgan fingerprint density at radius 2 is 2.00 bits per heavy atom. The van der Waals surface area contributed by atoms with Gasteiger partial charge in [-0.05, 0) is 43.7 Å². The molecule has 5 heteroatoms. The van der Waals surface area contributed by atoms with E-state index in [9.17, 15) is 0 Å². The molecule has 0 bridgehead atoms. The fourth-order valence-electron chi connectivity index (χ4n) is 3.12. The summed E-state index contributed by atoms with van der Waals surface area (Å²) in [7, 11) is 1.64. The third kappa shape index (κ3) is 2.48. The number of ether oxygens (including phenoxy) is 1. The minimum Gasteiger partial charge on any atom is -0.497 e. The molecule has 5 nitrogen and oxygen atoms in total. The van der Waals surface area contributed by atoms with Gasteiger partial charge < -0.3 is 14.9 Å². The minimum absolute atomic E-state index is 0.650. The second kappa shape index (κ2) is 5.77. The molecule has 4 rings (SSSR count). The first kappa shape index (κ1) is 15.4. The van der Waals surface area contributed by atoms with Crippen LogP contribution < -0.4 is 15.8 Å². The molecule has 2 N–H and O–H groups in total. The zero-order chi connectivity index (χ0) is 17.6. The van der Waals surface area contributed by atoms with E-state index in [0.717, 1.165) is 45.2 Å². The first-order valence-electron chi connectivity index (χ1n) is 8.22. The maximum absolute atomic E-state index is 6.21. The Kier molecular flexibility index (Phi) is 3.57. The van der Waals surface area contributed by atoms with E-state index in [1.54, 1.807) is 7.11 Å².